The van der Waals surface area contributed by atoms with Crippen molar-refractivity contribution in [1.29, 1.82) is 0 Å². The highest BCUT2D eigenvalue weighted by Crippen LogP contribution is 2.24. The molecule has 1 amide bonds. The van der Waals surface area contributed by atoms with E-state index < -0.39 is 5.54 Å². The zero-order valence-electron chi connectivity index (χ0n) is 12.0. The zero-order chi connectivity index (χ0) is 14.9. The van der Waals surface area contributed by atoms with Crippen LogP contribution in [0.25, 0.3) is 10.8 Å². The minimum Gasteiger partial charge on any atom is -0.335 e. The summed E-state index contributed by atoms with van der Waals surface area (Å²) >= 11 is 0. The van der Waals surface area contributed by atoms with Gasteiger partial charge in [0, 0.05) is 30.1 Å². The molecule has 0 aliphatic heterocycles. The molecule has 2 aromatic carbocycles. The fourth-order valence-electron chi connectivity index (χ4n) is 2.04. The average molecular weight is 274 g/mol. The van der Waals surface area contributed by atoms with Gasteiger partial charge < -0.3 is 10.6 Å². The quantitative estimate of drug-likeness (QED) is 0.935. The van der Waals surface area contributed by atoms with E-state index in [2.05, 4.69) is 0 Å². The maximum atomic E-state index is 13.8. The smallest absolute Gasteiger partial charge is 0.254 e. The summed E-state index contributed by atoms with van der Waals surface area (Å²) in [6, 6.07) is 9.85. The van der Waals surface area contributed by atoms with Gasteiger partial charge in [0.2, 0.25) is 0 Å². The number of amides is 1. The number of benzene rings is 2. The van der Waals surface area contributed by atoms with E-state index in [0.29, 0.717) is 22.9 Å². The predicted molar refractivity (Wildman–Crippen MR) is 79.1 cm³/mol. The molecule has 4 heteroatoms. The van der Waals surface area contributed by atoms with Gasteiger partial charge in [0.05, 0.1) is 0 Å². The number of hydrogen-bond donors (Lipinski definition) is 1. The summed E-state index contributed by atoms with van der Waals surface area (Å²) in [5.41, 5.74) is 5.75. The highest BCUT2D eigenvalue weighted by atomic mass is 19.1. The Bertz CT molecular complexity index is 652. The van der Waals surface area contributed by atoms with Crippen LogP contribution in [0.3, 0.4) is 0 Å². The fourth-order valence-corrected chi connectivity index (χ4v) is 2.04. The summed E-state index contributed by atoms with van der Waals surface area (Å²) in [6.45, 7) is 4.15. The Morgan fingerprint density at radius 2 is 1.80 bits per heavy atom. The van der Waals surface area contributed by atoms with Gasteiger partial charge in [-0.15, -0.1) is 0 Å². The lowest BCUT2D eigenvalue weighted by Gasteiger charge is -2.34. The SMILES string of the molecule is CN(C(=O)c1ccc(F)c2ccccc12)C(C)(C)CN. The van der Waals surface area contributed by atoms with E-state index in [0.717, 1.165) is 0 Å². The summed E-state index contributed by atoms with van der Waals surface area (Å²) in [7, 11) is 1.72. The molecule has 0 atom stereocenters. The molecule has 0 aliphatic rings. The minimum absolute atomic E-state index is 0.156. The number of likely N-dealkylation sites (N-methyl/N-ethyl adjacent to an activating group) is 1. The normalized spacial score (nSPS) is 11.7. The van der Waals surface area contributed by atoms with Crippen LogP contribution in [0.4, 0.5) is 4.39 Å². The number of hydrogen-bond acceptors (Lipinski definition) is 2. The van der Waals surface area contributed by atoms with E-state index >= 15 is 0 Å². The van der Waals surface area contributed by atoms with E-state index in [-0.39, 0.29) is 11.7 Å². The van der Waals surface area contributed by atoms with Crippen molar-refractivity contribution in [3.63, 3.8) is 0 Å². The van der Waals surface area contributed by atoms with E-state index in [1.807, 2.05) is 13.8 Å². The largest absolute Gasteiger partial charge is 0.335 e. The molecule has 0 heterocycles. The zero-order valence-corrected chi connectivity index (χ0v) is 12.0. The standard InChI is InChI=1S/C16H19FN2O/c1-16(2,10-18)19(3)15(20)13-8-9-14(17)12-7-5-4-6-11(12)13/h4-9H,10,18H2,1-3H3. The number of nitrogens with zero attached hydrogens (tertiary/aromatic N) is 1. The average Bonchev–Trinajstić information content (AvgIpc) is 2.46. The Hall–Kier alpha value is -1.94. The molecule has 0 spiro atoms. The molecular weight excluding hydrogens is 255 g/mol. The minimum atomic E-state index is -0.452. The Labute approximate surface area is 118 Å². The number of carbonyl (C=O) groups excluding carboxylic acids is 1. The molecule has 2 rings (SSSR count). The lowest BCUT2D eigenvalue weighted by atomic mass is 9.99. The Kier molecular flexibility index (Phi) is 3.77. The Morgan fingerprint density at radius 3 is 2.40 bits per heavy atom. The third-order valence-electron chi connectivity index (χ3n) is 3.81. The number of nitrogens with two attached hydrogens (primary N) is 1. The molecule has 0 unspecified atom stereocenters. The van der Waals surface area contributed by atoms with Gasteiger partial charge in [0.25, 0.3) is 5.91 Å². The van der Waals surface area contributed by atoms with Crippen molar-refractivity contribution in [2.75, 3.05) is 13.6 Å². The van der Waals surface area contributed by atoms with Crippen molar-refractivity contribution < 1.29 is 9.18 Å². The molecule has 0 saturated carbocycles. The van der Waals surface area contributed by atoms with Gasteiger partial charge in [0.1, 0.15) is 5.82 Å². The first-order chi connectivity index (χ1) is 9.38. The first-order valence-corrected chi connectivity index (χ1v) is 6.54. The second-order valence-electron chi connectivity index (χ2n) is 5.52. The van der Waals surface area contributed by atoms with E-state index in [4.69, 9.17) is 5.73 Å². The van der Waals surface area contributed by atoms with Crippen molar-refractivity contribution >= 4 is 16.7 Å². The second kappa shape index (κ2) is 5.21. The third-order valence-corrected chi connectivity index (χ3v) is 3.81. The molecule has 3 nitrogen and oxygen atoms in total. The Balaban J connectivity index is 2.54. The molecule has 0 saturated heterocycles. The van der Waals surface area contributed by atoms with E-state index in [9.17, 15) is 9.18 Å². The summed E-state index contributed by atoms with van der Waals surface area (Å²) in [5.74, 6) is -0.477. The van der Waals surface area contributed by atoms with Crippen LogP contribution >= 0.6 is 0 Å². The molecule has 0 aromatic heterocycles. The lowest BCUT2D eigenvalue weighted by molar-refractivity contribution is 0.0642. The van der Waals surface area contributed by atoms with Gasteiger partial charge >= 0.3 is 0 Å². The van der Waals surface area contributed by atoms with Crippen molar-refractivity contribution in [3.05, 3.63) is 47.8 Å². The molecule has 0 radical (unpaired) electrons. The summed E-state index contributed by atoms with van der Waals surface area (Å²) in [6.07, 6.45) is 0. The fraction of sp³-hybridized carbons (Fsp3) is 0.312. The number of halogens is 1. The molecule has 2 aromatic rings. The predicted octanol–water partition coefficient (Wildman–Crippen LogP) is 2.79. The van der Waals surface area contributed by atoms with Gasteiger partial charge in [-0.25, -0.2) is 4.39 Å². The highest BCUT2D eigenvalue weighted by molar-refractivity contribution is 6.07. The Morgan fingerprint density at radius 1 is 1.20 bits per heavy atom. The molecule has 20 heavy (non-hydrogen) atoms. The van der Waals surface area contributed by atoms with Crippen LogP contribution in [0.5, 0.6) is 0 Å². The summed E-state index contributed by atoms with van der Waals surface area (Å²) in [4.78, 5) is 14.2. The lowest BCUT2D eigenvalue weighted by Crippen LogP contribution is -2.50. The monoisotopic (exact) mass is 274 g/mol. The third kappa shape index (κ3) is 2.39. The van der Waals surface area contributed by atoms with Gasteiger partial charge in [-0.3, -0.25) is 4.79 Å². The van der Waals surface area contributed by atoms with Crippen LogP contribution in [0.1, 0.15) is 24.2 Å². The molecule has 0 aliphatic carbocycles. The topological polar surface area (TPSA) is 46.3 Å². The van der Waals surface area contributed by atoms with Crippen LogP contribution in [-0.4, -0.2) is 29.9 Å². The molecule has 106 valence electrons. The summed E-state index contributed by atoms with van der Waals surface area (Å²) < 4.78 is 13.8. The van der Waals surface area contributed by atoms with Crippen molar-refractivity contribution in [2.24, 2.45) is 5.73 Å². The van der Waals surface area contributed by atoms with E-state index in [1.54, 1.807) is 36.2 Å². The van der Waals surface area contributed by atoms with Gasteiger partial charge in [-0.05, 0) is 31.4 Å². The van der Waals surface area contributed by atoms with Crippen LogP contribution < -0.4 is 5.73 Å². The summed E-state index contributed by atoms with van der Waals surface area (Å²) in [5, 5.41) is 1.08. The van der Waals surface area contributed by atoms with Crippen molar-refractivity contribution in [1.82, 2.24) is 4.90 Å². The van der Waals surface area contributed by atoms with Crippen LogP contribution in [0, 0.1) is 5.82 Å². The first-order valence-electron chi connectivity index (χ1n) is 6.54. The highest BCUT2D eigenvalue weighted by Gasteiger charge is 2.27. The molecular formula is C16H19FN2O. The maximum Gasteiger partial charge on any atom is 0.254 e. The van der Waals surface area contributed by atoms with Crippen molar-refractivity contribution in [2.45, 2.75) is 19.4 Å². The maximum absolute atomic E-state index is 13.8. The van der Waals surface area contributed by atoms with Gasteiger partial charge in [-0.2, -0.15) is 0 Å². The number of carbonyl (C=O) groups is 1. The first kappa shape index (κ1) is 14.5. The van der Waals surface area contributed by atoms with Gasteiger partial charge in [0.15, 0.2) is 0 Å². The van der Waals surface area contributed by atoms with Crippen LogP contribution in [0.2, 0.25) is 0 Å². The second-order valence-corrected chi connectivity index (χ2v) is 5.52. The van der Waals surface area contributed by atoms with E-state index in [1.165, 1.54) is 12.1 Å². The van der Waals surface area contributed by atoms with Gasteiger partial charge in [-0.1, -0.05) is 24.3 Å². The molecule has 0 bridgehead atoms. The number of rotatable bonds is 3. The van der Waals surface area contributed by atoms with Crippen LogP contribution in [0.15, 0.2) is 36.4 Å². The number of fused-ring (bicyclic) bond motifs is 1. The van der Waals surface area contributed by atoms with Crippen molar-refractivity contribution in [3.8, 4) is 0 Å². The van der Waals surface area contributed by atoms with Crippen LogP contribution in [-0.2, 0) is 0 Å². The molecule has 2 N–H and O–H groups in total. The molecule has 0 fully saturated rings.